The monoisotopic (exact) mass is 385 g/mol. The molecule has 0 aliphatic heterocycles. The molecule has 0 radical (unpaired) electrons. The number of carbonyl (C=O) groups excluding carboxylic acids is 2. The van der Waals surface area contributed by atoms with Crippen molar-refractivity contribution >= 4 is 28.2 Å². The standard InChI is InChI=1S/C22H27NO3S/c1-15-8-11-17(12-9-15)18-14-27-21(20(18)22(25)26-2)23-19(24)13-10-16-6-4-3-5-7-16/h8-9,11-12,14,16H,3-7,10,13H2,1-2H3,(H,23,24). The van der Waals surface area contributed by atoms with Gasteiger partial charge in [0.05, 0.1) is 7.11 Å². The maximum Gasteiger partial charge on any atom is 0.341 e. The van der Waals surface area contributed by atoms with Crippen LogP contribution in [0.5, 0.6) is 0 Å². The number of ether oxygens (including phenoxy) is 1. The van der Waals surface area contributed by atoms with Crippen LogP contribution in [-0.2, 0) is 9.53 Å². The molecule has 1 amide bonds. The molecule has 0 spiro atoms. The van der Waals surface area contributed by atoms with Crippen molar-refractivity contribution in [1.82, 2.24) is 0 Å². The van der Waals surface area contributed by atoms with E-state index in [1.54, 1.807) is 0 Å². The minimum Gasteiger partial charge on any atom is -0.465 e. The van der Waals surface area contributed by atoms with Crippen LogP contribution >= 0.6 is 11.3 Å². The van der Waals surface area contributed by atoms with Crippen LogP contribution in [0, 0.1) is 12.8 Å². The molecule has 5 heteroatoms. The summed E-state index contributed by atoms with van der Waals surface area (Å²) in [6.45, 7) is 2.02. The average molecular weight is 386 g/mol. The van der Waals surface area contributed by atoms with Crippen LogP contribution in [0.25, 0.3) is 11.1 Å². The van der Waals surface area contributed by atoms with E-state index in [1.807, 2.05) is 36.6 Å². The van der Waals surface area contributed by atoms with E-state index >= 15 is 0 Å². The van der Waals surface area contributed by atoms with E-state index in [0.717, 1.165) is 23.1 Å². The first-order chi connectivity index (χ1) is 13.1. The zero-order chi connectivity index (χ0) is 19.2. The number of esters is 1. The molecule has 0 saturated heterocycles. The summed E-state index contributed by atoms with van der Waals surface area (Å²) < 4.78 is 4.97. The van der Waals surface area contributed by atoms with Gasteiger partial charge in [0, 0.05) is 17.4 Å². The van der Waals surface area contributed by atoms with Crippen LogP contribution in [0.3, 0.4) is 0 Å². The first-order valence-corrected chi connectivity index (χ1v) is 10.5. The molecule has 144 valence electrons. The van der Waals surface area contributed by atoms with Crippen LogP contribution < -0.4 is 5.32 Å². The van der Waals surface area contributed by atoms with Gasteiger partial charge in [-0.05, 0) is 24.8 Å². The SMILES string of the molecule is COC(=O)c1c(-c2ccc(C)cc2)csc1NC(=O)CCC1CCCCC1. The maximum absolute atomic E-state index is 12.5. The molecular formula is C22H27NO3S. The highest BCUT2D eigenvalue weighted by Gasteiger charge is 2.23. The number of hydrogen-bond acceptors (Lipinski definition) is 4. The largest absolute Gasteiger partial charge is 0.465 e. The molecule has 1 N–H and O–H groups in total. The molecule has 1 fully saturated rings. The summed E-state index contributed by atoms with van der Waals surface area (Å²) >= 11 is 1.38. The summed E-state index contributed by atoms with van der Waals surface area (Å²) in [6.07, 6.45) is 7.78. The molecule has 1 aromatic carbocycles. The van der Waals surface area contributed by atoms with Gasteiger partial charge < -0.3 is 10.1 Å². The van der Waals surface area contributed by atoms with Gasteiger partial charge in [0.2, 0.25) is 5.91 Å². The minimum atomic E-state index is -0.422. The van der Waals surface area contributed by atoms with Crippen molar-refractivity contribution < 1.29 is 14.3 Å². The van der Waals surface area contributed by atoms with Crippen molar-refractivity contribution in [1.29, 1.82) is 0 Å². The molecule has 4 nitrogen and oxygen atoms in total. The second-order valence-electron chi connectivity index (χ2n) is 7.30. The number of nitrogens with one attached hydrogen (secondary N) is 1. The molecule has 27 heavy (non-hydrogen) atoms. The van der Waals surface area contributed by atoms with E-state index in [9.17, 15) is 9.59 Å². The molecule has 0 unspecified atom stereocenters. The molecule has 3 rings (SSSR count). The fourth-order valence-corrected chi connectivity index (χ4v) is 4.67. The third-order valence-corrected chi connectivity index (χ3v) is 6.20. The fraction of sp³-hybridized carbons (Fsp3) is 0.455. The van der Waals surface area contributed by atoms with Gasteiger partial charge in [-0.15, -0.1) is 11.3 Å². The number of rotatable bonds is 6. The Morgan fingerprint density at radius 2 is 1.85 bits per heavy atom. The molecule has 0 bridgehead atoms. The van der Waals surface area contributed by atoms with Crippen LogP contribution in [0.4, 0.5) is 5.00 Å². The summed E-state index contributed by atoms with van der Waals surface area (Å²) in [7, 11) is 1.37. The van der Waals surface area contributed by atoms with Crippen LogP contribution in [-0.4, -0.2) is 19.0 Å². The number of amides is 1. The first kappa shape index (κ1) is 19.6. The van der Waals surface area contributed by atoms with E-state index in [1.165, 1.54) is 50.6 Å². The Balaban J connectivity index is 1.73. The lowest BCUT2D eigenvalue weighted by Gasteiger charge is -2.20. The van der Waals surface area contributed by atoms with Crippen molar-refractivity contribution in [2.75, 3.05) is 12.4 Å². The highest BCUT2D eigenvalue weighted by molar-refractivity contribution is 7.15. The van der Waals surface area contributed by atoms with Gasteiger partial charge in [0.25, 0.3) is 0 Å². The van der Waals surface area contributed by atoms with Crippen molar-refractivity contribution in [3.05, 3.63) is 40.8 Å². The Labute approximate surface area is 164 Å². The first-order valence-electron chi connectivity index (χ1n) is 9.65. The zero-order valence-electron chi connectivity index (χ0n) is 16.0. The summed E-state index contributed by atoms with van der Waals surface area (Å²) in [6, 6.07) is 7.99. The number of benzene rings is 1. The van der Waals surface area contributed by atoms with Gasteiger partial charge in [-0.3, -0.25) is 4.79 Å². The average Bonchev–Trinajstić information content (AvgIpc) is 3.10. The maximum atomic E-state index is 12.5. The third kappa shape index (κ3) is 4.98. The highest BCUT2D eigenvalue weighted by atomic mass is 32.1. The summed E-state index contributed by atoms with van der Waals surface area (Å²) in [5, 5.41) is 5.43. The topological polar surface area (TPSA) is 55.4 Å². The predicted octanol–water partition coefficient (Wildman–Crippen LogP) is 5.81. The van der Waals surface area contributed by atoms with Crippen molar-refractivity contribution in [2.45, 2.75) is 51.9 Å². The van der Waals surface area contributed by atoms with Crippen LogP contribution in [0.2, 0.25) is 0 Å². The summed E-state index contributed by atoms with van der Waals surface area (Å²) in [5.41, 5.74) is 3.34. The molecule has 1 aliphatic carbocycles. The normalized spacial score (nSPS) is 14.7. The van der Waals surface area contributed by atoms with E-state index < -0.39 is 5.97 Å². The molecule has 1 aromatic heterocycles. The summed E-state index contributed by atoms with van der Waals surface area (Å²) in [5.74, 6) is 0.216. The number of carbonyl (C=O) groups is 2. The Kier molecular flexibility index (Phi) is 6.67. The Hall–Kier alpha value is -2.14. The van der Waals surface area contributed by atoms with Crippen LogP contribution in [0.1, 0.15) is 60.9 Å². The Morgan fingerprint density at radius 3 is 2.52 bits per heavy atom. The minimum absolute atomic E-state index is 0.0250. The molecule has 1 saturated carbocycles. The number of hydrogen-bond donors (Lipinski definition) is 1. The number of methoxy groups -OCH3 is 1. The Bertz CT molecular complexity index is 788. The summed E-state index contributed by atoms with van der Waals surface area (Å²) in [4.78, 5) is 24.8. The second kappa shape index (κ2) is 9.18. The second-order valence-corrected chi connectivity index (χ2v) is 8.18. The number of thiophene rings is 1. The van der Waals surface area contributed by atoms with Crippen LogP contribution in [0.15, 0.2) is 29.6 Å². The van der Waals surface area contributed by atoms with E-state index in [0.29, 0.717) is 22.9 Å². The van der Waals surface area contributed by atoms with E-state index in [-0.39, 0.29) is 5.91 Å². The molecule has 1 aliphatic rings. The number of anilines is 1. The molecule has 1 heterocycles. The zero-order valence-corrected chi connectivity index (χ0v) is 16.9. The lowest BCUT2D eigenvalue weighted by Crippen LogP contribution is -2.16. The van der Waals surface area contributed by atoms with Gasteiger partial charge in [0.15, 0.2) is 0 Å². The lowest BCUT2D eigenvalue weighted by atomic mass is 9.86. The van der Waals surface area contributed by atoms with Crippen molar-refractivity contribution in [3.8, 4) is 11.1 Å². The van der Waals surface area contributed by atoms with Gasteiger partial charge in [-0.2, -0.15) is 0 Å². The number of aryl methyl sites for hydroxylation is 1. The third-order valence-electron chi connectivity index (χ3n) is 5.30. The molecule has 2 aromatic rings. The van der Waals surface area contributed by atoms with Crippen molar-refractivity contribution in [2.24, 2.45) is 5.92 Å². The van der Waals surface area contributed by atoms with Gasteiger partial charge in [-0.25, -0.2) is 4.79 Å². The van der Waals surface area contributed by atoms with Crippen molar-refractivity contribution in [3.63, 3.8) is 0 Å². The van der Waals surface area contributed by atoms with Gasteiger partial charge in [-0.1, -0.05) is 61.9 Å². The highest BCUT2D eigenvalue weighted by Crippen LogP contribution is 2.36. The Morgan fingerprint density at radius 1 is 1.15 bits per heavy atom. The van der Waals surface area contributed by atoms with Gasteiger partial charge in [0.1, 0.15) is 10.6 Å². The smallest absolute Gasteiger partial charge is 0.341 e. The predicted molar refractivity (Wildman–Crippen MR) is 110 cm³/mol. The van der Waals surface area contributed by atoms with E-state index in [2.05, 4.69) is 5.32 Å². The molecule has 0 atom stereocenters. The van der Waals surface area contributed by atoms with E-state index in [4.69, 9.17) is 4.74 Å². The fourth-order valence-electron chi connectivity index (χ4n) is 3.70. The molecular weight excluding hydrogens is 358 g/mol. The quantitative estimate of drug-likeness (QED) is 0.639. The van der Waals surface area contributed by atoms with Gasteiger partial charge >= 0.3 is 5.97 Å². The lowest BCUT2D eigenvalue weighted by molar-refractivity contribution is -0.116.